The highest BCUT2D eigenvalue weighted by Crippen LogP contribution is 2.23. The van der Waals surface area contributed by atoms with E-state index in [0.29, 0.717) is 22.7 Å². The maximum absolute atomic E-state index is 12.0. The molecule has 160 valence electrons. The van der Waals surface area contributed by atoms with E-state index in [2.05, 4.69) is 20.6 Å². The van der Waals surface area contributed by atoms with Crippen LogP contribution >= 0.6 is 0 Å². The normalized spacial score (nSPS) is 10.7. The first-order valence-corrected chi connectivity index (χ1v) is 9.11. The van der Waals surface area contributed by atoms with Crippen LogP contribution in [-0.2, 0) is 19.1 Å². The van der Waals surface area contributed by atoms with Gasteiger partial charge in [0.1, 0.15) is 12.7 Å². The van der Waals surface area contributed by atoms with Crippen LogP contribution in [-0.4, -0.2) is 37.1 Å². The number of isocyanates is 2. The Balaban J connectivity index is 1.84. The van der Waals surface area contributed by atoms with Gasteiger partial charge in [0.15, 0.2) is 0 Å². The number of benzene rings is 2. The minimum Gasteiger partial charge on any atom is -0.445 e. The maximum atomic E-state index is 12.0. The molecule has 31 heavy (non-hydrogen) atoms. The molecule has 0 saturated carbocycles. The molecule has 10 heteroatoms. The van der Waals surface area contributed by atoms with Crippen molar-refractivity contribution in [1.82, 2.24) is 0 Å². The lowest BCUT2D eigenvalue weighted by molar-refractivity contribution is 0.0651. The van der Waals surface area contributed by atoms with Gasteiger partial charge in [-0.15, -0.1) is 0 Å². The average Bonchev–Trinajstić information content (AvgIpc) is 2.72. The molecule has 0 radical (unpaired) electrons. The SMILES string of the molecule is Cc1ccc(NC(=O)OCC(C)OC(=O)Nc2ccc(C)c(N=C=O)c2)cc1N=C=O. The standard InChI is InChI=1S/C21H20N4O6/c1-13-4-6-16(8-18(13)22-11-26)24-20(28)30-10-15(3)31-21(29)25-17-7-5-14(2)19(9-17)23-12-27/h4-9,15H,10H2,1-3H3,(H,24,28)(H,25,29). The zero-order chi connectivity index (χ0) is 22.8. The van der Waals surface area contributed by atoms with E-state index in [0.717, 1.165) is 11.1 Å². The third-order valence-corrected chi connectivity index (χ3v) is 4.00. The Morgan fingerprint density at radius 2 is 1.39 bits per heavy atom. The van der Waals surface area contributed by atoms with Gasteiger partial charge >= 0.3 is 12.2 Å². The van der Waals surface area contributed by atoms with E-state index in [4.69, 9.17) is 9.47 Å². The predicted molar refractivity (Wildman–Crippen MR) is 112 cm³/mol. The minimum atomic E-state index is -0.768. The van der Waals surface area contributed by atoms with E-state index in [1.807, 2.05) is 0 Å². The fourth-order valence-electron chi connectivity index (χ4n) is 2.42. The second-order valence-corrected chi connectivity index (χ2v) is 6.47. The molecule has 10 nitrogen and oxygen atoms in total. The molecule has 0 aliphatic rings. The number of carbonyl (C=O) groups excluding carboxylic acids is 4. The molecule has 0 bridgehead atoms. The molecule has 0 aliphatic heterocycles. The first-order valence-electron chi connectivity index (χ1n) is 9.11. The second kappa shape index (κ2) is 11.1. The fourth-order valence-corrected chi connectivity index (χ4v) is 2.42. The number of nitrogens with one attached hydrogen (secondary N) is 2. The molecule has 1 unspecified atom stereocenters. The lowest BCUT2D eigenvalue weighted by Crippen LogP contribution is -2.26. The van der Waals surface area contributed by atoms with Crippen LogP contribution in [0.25, 0.3) is 0 Å². The van der Waals surface area contributed by atoms with Gasteiger partial charge in [0.25, 0.3) is 0 Å². The molecule has 2 amide bonds. The molecule has 1 atom stereocenters. The Morgan fingerprint density at radius 1 is 0.903 bits per heavy atom. The Hall–Kier alpha value is -4.26. The van der Waals surface area contributed by atoms with Crippen molar-refractivity contribution in [3.8, 4) is 0 Å². The number of hydrogen-bond acceptors (Lipinski definition) is 8. The van der Waals surface area contributed by atoms with Crippen molar-refractivity contribution < 1.29 is 28.7 Å². The lowest BCUT2D eigenvalue weighted by Gasteiger charge is -2.15. The van der Waals surface area contributed by atoms with E-state index >= 15 is 0 Å². The summed E-state index contributed by atoms with van der Waals surface area (Å²) in [4.78, 5) is 51.9. The number of anilines is 2. The molecule has 2 aromatic rings. The summed E-state index contributed by atoms with van der Waals surface area (Å²) in [6.07, 6.45) is 0.622. The number of hydrogen-bond donors (Lipinski definition) is 2. The van der Waals surface area contributed by atoms with E-state index in [-0.39, 0.29) is 6.61 Å². The third-order valence-electron chi connectivity index (χ3n) is 4.00. The van der Waals surface area contributed by atoms with Crippen LogP contribution in [0.1, 0.15) is 18.1 Å². The van der Waals surface area contributed by atoms with Crippen LogP contribution in [0.4, 0.5) is 32.3 Å². The van der Waals surface area contributed by atoms with Gasteiger partial charge in [0.05, 0.1) is 11.4 Å². The summed E-state index contributed by atoms with van der Waals surface area (Å²) in [7, 11) is 0. The fraction of sp³-hybridized carbons (Fsp3) is 0.238. The molecule has 0 saturated heterocycles. The zero-order valence-corrected chi connectivity index (χ0v) is 17.1. The van der Waals surface area contributed by atoms with Gasteiger partial charge in [0, 0.05) is 11.4 Å². The topological polar surface area (TPSA) is 136 Å². The van der Waals surface area contributed by atoms with Gasteiger partial charge in [-0.1, -0.05) is 12.1 Å². The summed E-state index contributed by atoms with van der Waals surface area (Å²) in [6.45, 7) is 4.87. The van der Waals surface area contributed by atoms with Gasteiger partial charge < -0.3 is 9.47 Å². The summed E-state index contributed by atoms with van der Waals surface area (Å²) < 4.78 is 10.2. The molecule has 0 spiro atoms. The zero-order valence-electron chi connectivity index (χ0n) is 17.1. The van der Waals surface area contributed by atoms with Crippen molar-refractivity contribution in [1.29, 1.82) is 0 Å². The number of aryl methyl sites for hydroxylation is 2. The van der Waals surface area contributed by atoms with E-state index in [9.17, 15) is 19.2 Å². The maximum Gasteiger partial charge on any atom is 0.412 e. The van der Waals surface area contributed by atoms with Gasteiger partial charge in [-0.25, -0.2) is 19.2 Å². The van der Waals surface area contributed by atoms with E-state index in [1.165, 1.54) is 24.3 Å². The van der Waals surface area contributed by atoms with Crippen molar-refractivity contribution in [3.63, 3.8) is 0 Å². The highest BCUT2D eigenvalue weighted by atomic mass is 16.6. The number of amides is 2. The summed E-state index contributed by atoms with van der Waals surface area (Å²) in [5, 5.41) is 4.99. The quantitative estimate of drug-likeness (QED) is 0.499. The monoisotopic (exact) mass is 424 g/mol. The van der Waals surface area contributed by atoms with Crippen molar-refractivity contribution in [2.75, 3.05) is 17.2 Å². The Kier molecular flexibility index (Phi) is 8.22. The molecule has 2 aromatic carbocycles. The molecular formula is C21H20N4O6. The van der Waals surface area contributed by atoms with Crippen molar-refractivity contribution in [2.24, 2.45) is 9.98 Å². The first-order chi connectivity index (χ1) is 14.8. The Morgan fingerprint density at radius 3 is 1.87 bits per heavy atom. The molecule has 0 fully saturated rings. The van der Waals surface area contributed by atoms with Crippen LogP contribution in [0.3, 0.4) is 0 Å². The highest BCUT2D eigenvalue weighted by molar-refractivity contribution is 5.86. The second-order valence-electron chi connectivity index (χ2n) is 6.47. The predicted octanol–water partition coefficient (Wildman–Crippen LogP) is 4.42. The minimum absolute atomic E-state index is 0.195. The molecule has 0 aliphatic carbocycles. The van der Waals surface area contributed by atoms with Crippen molar-refractivity contribution >= 4 is 47.1 Å². The lowest BCUT2D eigenvalue weighted by atomic mass is 10.2. The number of ether oxygens (including phenoxy) is 2. The number of carbonyl (C=O) groups is 2. The van der Waals surface area contributed by atoms with Gasteiger partial charge in [-0.2, -0.15) is 9.98 Å². The van der Waals surface area contributed by atoms with Crippen LogP contribution < -0.4 is 10.6 Å². The van der Waals surface area contributed by atoms with Crippen LogP contribution in [0.15, 0.2) is 46.4 Å². The molecule has 2 rings (SSSR count). The van der Waals surface area contributed by atoms with Crippen molar-refractivity contribution in [3.05, 3.63) is 47.5 Å². The summed E-state index contributed by atoms with van der Waals surface area (Å²) in [5.74, 6) is 0. The van der Waals surface area contributed by atoms with Crippen molar-refractivity contribution in [2.45, 2.75) is 26.9 Å². The van der Waals surface area contributed by atoms with Gasteiger partial charge in [0.2, 0.25) is 12.2 Å². The number of rotatable bonds is 7. The van der Waals surface area contributed by atoms with Gasteiger partial charge in [-0.05, 0) is 56.2 Å². The van der Waals surface area contributed by atoms with Gasteiger partial charge in [-0.3, -0.25) is 10.6 Å². The Labute approximate surface area is 178 Å². The summed E-state index contributed by atoms with van der Waals surface area (Å²) in [6, 6.07) is 9.61. The highest BCUT2D eigenvalue weighted by Gasteiger charge is 2.13. The van der Waals surface area contributed by atoms with Crippen LogP contribution in [0.5, 0.6) is 0 Å². The van der Waals surface area contributed by atoms with Crippen LogP contribution in [0.2, 0.25) is 0 Å². The summed E-state index contributed by atoms with van der Waals surface area (Å²) >= 11 is 0. The number of aliphatic imine (C=N–C) groups is 2. The summed E-state index contributed by atoms with van der Waals surface area (Å²) in [5.41, 5.74) is 2.99. The average molecular weight is 424 g/mol. The Bertz CT molecular complexity index is 1070. The van der Waals surface area contributed by atoms with E-state index < -0.39 is 18.3 Å². The first kappa shape index (κ1) is 23.0. The molecule has 0 aromatic heterocycles. The third kappa shape index (κ3) is 7.25. The molecule has 0 heterocycles. The number of nitrogens with zero attached hydrogens (tertiary/aromatic N) is 2. The smallest absolute Gasteiger partial charge is 0.412 e. The molecular weight excluding hydrogens is 404 g/mol. The van der Waals surface area contributed by atoms with E-state index in [1.54, 1.807) is 45.0 Å². The largest absolute Gasteiger partial charge is 0.445 e. The molecule has 2 N–H and O–H groups in total. The van der Waals surface area contributed by atoms with Crippen LogP contribution in [0, 0.1) is 13.8 Å².